The molecule has 0 aliphatic rings. The van der Waals surface area contributed by atoms with Crippen molar-refractivity contribution in [1.29, 1.82) is 0 Å². The maximum absolute atomic E-state index is 13.9. The molecular weight excluding hydrogens is 482 g/mol. The van der Waals surface area contributed by atoms with Crippen molar-refractivity contribution >= 4 is 17.9 Å². The minimum atomic E-state index is -1.24. The van der Waals surface area contributed by atoms with Gasteiger partial charge in [0.15, 0.2) is 0 Å². The van der Waals surface area contributed by atoms with E-state index < -0.39 is 36.3 Å². The quantitative estimate of drug-likeness (QED) is 0.249. The Labute approximate surface area is 229 Å². The van der Waals surface area contributed by atoms with E-state index in [2.05, 4.69) is 24.5 Å². The molecule has 0 bridgehead atoms. The third-order valence-electron chi connectivity index (χ3n) is 6.54. The van der Waals surface area contributed by atoms with Crippen molar-refractivity contribution in [1.82, 2.24) is 15.5 Å². The summed E-state index contributed by atoms with van der Waals surface area (Å²) in [7, 11) is 0. The van der Waals surface area contributed by atoms with Gasteiger partial charge >= 0.3 is 6.09 Å². The predicted octanol–water partition coefficient (Wildman–Crippen LogP) is 5.34. The summed E-state index contributed by atoms with van der Waals surface area (Å²) in [6.45, 7) is 13.6. The summed E-state index contributed by atoms with van der Waals surface area (Å²) in [5.41, 5.74) is 1.94. The third kappa shape index (κ3) is 11.4. The van der Waals surface area contributed by atoms with Gasteiger partial charge in [-0.05, 0) is 64.2 Å². The van der Waals surface area contributed by atoms with E-state index in [0.717, 1.165) is 55.2 Å². The molecule has 1 rings (SSSR count). The van der Waals surface area contributed by atoms with Crippen LogP contribution in [0, 0.1) is 13.8 Å². The van der Waals surface area contributed by atoms with Gasteiger partial charge in [-0.3, -0.25) is 9.59 Å². The van der Waals surface area contributed by atoms with Gasteiger partial charge in [0.1, 0.15) is 17.7 Å². The summed E-state index contributed by atoms with van der Waals surface area (Å²) in [5.74, 6) is -0.774. The molecule has 0 aliphatic carbocycles. The Bertz CT molecular complexity index is 881. The van der Waals surface area contributed by atoms with Crippen LogP contribution in [0.25, 0.3) is 0 Å². The van der Waals surface area contributed by atoms with Crippen molar-refractivity contribution in [2.45, 2.75) is 118 Å². The Morgan fingerprint density at radius 1 is 0.974 bits per heavy atom. The molecule has 3 amide bonds. The highest BCUT2D eigenvalue weighted by Crippen LogP contribution is 2.28. The first-order chi connectivity index (χ1) is 18.0. The largest absolute Gasteiger partial charge is 0.444 e. The summed E-state index contributed by atoms with van der Waals surface area (Å²) in [5, 5.41) is 15.6. The highest BCUT2D eigenvalue weighted by Gasteiger charge is 2.36. The molecule has 0 spiro atoms. The first-order valence-electron chi connectivity index (χ1n) is 14.2. The van der Waals surface area contributed by atoms with Gasteiger partial charge in [-0.2, -0.15) is 0 Å². The number of nitrogens with zero attached hydrogens (tertiary/aromatic N) is 1. The number of alkyl carbamates (subject to hydrolysis) is 1. The van der Waals surface area contributed by atoms with Crippen LogP contribution in [0.2, 0.25) is 0 Å². The lowest BCUT2D eigenvalue weighted by molar-refractivity contribution is -0.143. The summed E-state index contributed by atoms with van der Waals surface area (Å²) in [4.78, 5) is 41.5. The molecular formula is C30H51N3O5. The topological polar surface area (TPSA) is 108 Å². The molecule has 3 N–H and O–H groups in total. The highest BCUT2D eigenvalue weighted by atomic mass is 16.6. The van der Waals surface area contributed by atoms with Crippen molar-refractivity contribution < 1.29 is 24.2 Å². The zero-order valence-corrected chi connectivity index (χ0v) is 24.7. The van der Waals surface area contributed by atoms with Gasteiger partial charge in [0.2, 0.25) is 11.8 Å². The molecule has 0 saturated heterocycles. The average Bonchev–Trinajstić information content (AvgIpc) is 2.84. The van der Waals surface area contributed by atoms with Gasteiger partial charge < -0.3 is 25.4 Å². The van der Waals surface area contributed by atoms with Crippen LogP contribution < -0.4 is 10.6 Å². The second kappa shape index (κ2) is 17.1. The van der Waals surface area contributed by atoms with Crippen LogP contribution in [0.3, 0.4) is 0 Å². The monoisotopic (exact) mass is 533 g/mol. The van der Waals surface area contributed by atoms with Crippen LogP contribution in [0.4, 0.5) is 4.79 Å². The molecule has 38 heavy (non-hydrogen) atoms. The minimum absolute atomic E-state index is 0.263. The first kappa shape index (κ1) is 33.4. The van der Waals surface area contributed by atoms with E-state index in [9.17, 15) is 19.5 Å². The van der Waals surface area contributed by atoms with E-state index in [1.165, 1.54) is 11.3 Å². The van der Waals surface area contributed by atoms with Gasteiger partial charge in [-0.15, -0.1) is 0 Å². The van der Waals surface area contributed by atoms with E-state index in [0.29, 0.717) is 19.5 Å². The van der Waals surface area contributed by atoms with E-state index in [-0.39, 0.29) is 5.91 Å². The van der Waals surface area contributed by atoms with Gasteiger partial charge in [0.25, 0.3) is 0 Å². The number of aliphatic hydroxyl groups is 1. The molecule has 1 aromatic rings. The van der Waals surface area contributed by atoms with Crippen molar-refractivity contribution in [2.75, 3.05) is 19.7 Å². The number of hydrogen-bond acceptors (Lipinski definition) is 5. The minimum Gasteiger partial charge on any atom is -0.444 e. The van der Waals surface area contributed by atoms with Gasteiger partial charge in [-0.1, -0.05) is 70.6 Å². The molecule has 0 radical (unpaired) electrons. The fourth-order valence-electron chi connectivity index (χ4n) is 4.27. The molecule has 0 fully saturated rings. The number of aryl methyl sites for hydroxylation is 1. The number of nitrogens with one attached hydrogen (secondary N) is 2. The lowest BCUT2D eigenvalue weighted by Crippen LogP contribution is -2.54. The van der Waals surface area contributed by atoms with Crippen molar-refractivity contribution in [3.63, 3.8) is 0 Å². The van der Waals surface area contributed by atoms with Crippen LogP contribution in [0.1, 0.15) is 109 Å². The van der Waals surface area contributed by atoms with Crippen molar-refractivity contribution in [2.24, 2.45) is 0 Å². The summed E-state index contributed by atoms with van der Waals surface area (Å²) in [6, 6.07) is 3.62. The highest BCUT2D eigenvalue weighted by molar-refractivity contribution is 5.92. The Morgan fingerprint density at radius 2 is 1.61 bits per heavy atom. The van der Waals surface area contributed by atoms with E-state index >= 15 is 0 Å². The molecule has 1 aromatic carbocycles. The molecule has 0 aromatic heterocycles. The number of hydrogen-bond donors (Lipinski definition) is 3. The van der Waals surface area contributed by atoms with Crippen molar-refractivity contribution in [3.8, 4) is 0 Å². The molecule has 2 unspecified atom stereocenters. The lowest BCUT2D eigenvalue weighted by atomic mass is 9.94. The maximum Gasteiger partial charge on any atom is 0.408 e. The number of benzene rings is 1. The third-order valence-corrected chi connectivity index (χ3v) is 6.54. The predicted molar refractivity (Wildman–Crippen MR) is 152 cm³/mol. The van der Waals surface area contributed by atoms with Crippen LogP contribution in [-0.4, -0.2) is 59.3 Å². The van der Waals surface area contributed by atoms with Crippen LogP contribution in [-0.2, 0) is 14.3 Å². The van der Waals surface area contributed by atoms with E-state index in [1.54, 1.807) is 20.8 Å². The zero-order valence-electron chi connectivity index (χ0n) is 24.7. The Hall–Kier alpha value is -2.61. The number of amides is 3. The van der Waals surface area contributed by atoms with Crippen LogP contribution >= 0.6 is 0 Å². The van der Waals surface area contributed by atoms with E-state index in [4.69, 9.17) is 4.74 Å². The van der Waals surface area contributed by atoms with Crippen LogP contribution in [0.15, 0.2) is 18.2 Å². The first-order valence-corrected chi connectivity index (χ1v) is 14.2. The number of ether oxygens (including phenoxy) is 1. The van der Waals surface area contributed by atoms with Crippen LogP contribution in [0.5, 0.6) is 0 Å². The molecule has 0 aliphatic heterocycles. The zero-order chi connectivity index (χ0) is 28.7. The molecule has 216 valence electrons. The molecule has 8 nitrogen and oxygen atoms in total. The fraction of sp³-hybridized carbons (Fsp3) is 0.700. The van der Waals surface area contributed by atoms with E-state index in [1.807, 2.05) is 32.0 Å². The molecule has 0 heterocycles. The van der Waals surface area contributed by atoms with Gasteiger partial charge in [0.05, 0.1) is 6.61 Å². The van der Waals surface area contributed by atoms with Gasteiger partial charge in [-0.25, -0.2) is 4.79 Å². The fourth-order valence-corrected chi connectivity index (χ4v) is 4.27. The molecule has 8 heteroatoms. The normalized spacial score (nSPS) is 12.9. The van der Waals surface area contributed by atoms with Gasteiger partial charge in [0, 0.05) is 13.1 Å². The second-order valence-corrected chi connectivity index (χ2v) is 11.0. The number of carbonyl (C=O) groups is 3. The van der Waals surface area contributed by atoms with Crippen molar-refractivity contribution in [3.05, 3.63) is 34.9 Å². The number of unbranched alkanes of at least 4 members (excludes halogenated alkanes) is 6. The average molecular weight is 534 g/mol. The number of rotatable bonds is 16. The lowest BCUT2D eigenvalue weighted by Gasteiger charge is -2.35. The molecule has 2 atom stereocenters. The summed E-state index contributed by atoms with van der Waals surface area (Å²) in [6.07, 6.45) is 7.09. The Kier molecular flexibility index (Phi) is 15.0. The maximum atomic E-state index is 13.9. The Morgan fingerprint density at radius 3 is 2.21 bits per heavy atom. The smallest absolute Gasteiger partial charge is 0.408 e. The number of aliphatic hydroxyl groups excluding tert-OH is 1. The summed E-state index contributed by atoms with van der Waals surface area (Å²) >= 11 is 0. The Balaban J connectivity index is 3.38. The SMILES string of the molecule is CCCCCCCCN(C(=O)C(CO)NC(=O)OC(C)(C)C)C(C(=O)NCCCC)c1cccc(C)c1C. The summed E-state index contributed by atoms with van der Waals surface area (Å²) < 4.78 is 5.32. The number of carbonyl (C=O) groups excluding carboxylic acids is 3. The molecule has 0 saturated carbocycles. The standard InChI is InChI=1S/C30H51N3O5/c1-8-10-12-13-14-15-20-33(28(36)25(21-34)32-29(37)38-30(5,6)7)26(27(35)31-19-11-9-2)24-18-16-17-22(3)23(24)4/h16-18,25-26,34H,8-15,19-21H2,1-7H3,(H,31,35)(H,32,37). The second-order valence-electron chi connectivity index (χ2n) is 11.0.